The fraction of sp³-hybridized carbons (Fsp3) is 0.929. The lowest BCUT2D eigenvalue weighted by Gasteiger charge is -2.41. The fourth-order valence-corrected chi connectivity index (χ4v) is 2.40. The van der Waals surface area contributed by atoms with E-state index in [1.54, 1.807) is 0 Å². The van der Waals surface area contributed by atoms with Crippen LogP contribution in [0, 0.1) is 5.92 Å². The van der Waals surface area contributed by atoms with Crippen molar-refractivity contribution in [2.75, 3.05) is 32.8 Å². The second-order valence-electron chi connectivity index (χ2n) is 5.66. The van der Waals surface area contributed by atoms with Crippen molar-refractivity contribution >= 4 is 5.97 Å². The molecule has 1 saturated heterocycles. The number of carbonyl (C=O) groups excluding carboxylic acids is 1. The summed E-state index contributed by atoms with van der Waals surface area (Å²) in [6.07, 6.45) is 1.93. The minimum Gasteiger partial charge on any atom is -0.465 e. The molecular weight excluding hydrogens is 228 g/mol. The van der Waals surface area contributed by atoms with Crippen LogP contribution in [0.1, 0.15) is 40.5 Å². The number of nitrogens with one attached hydrogen (secondary N) is 1. The molecule has 1 heterocycles. The zero-order valence-corrected chi connectivity index (χ0v) is 12.3. The number of carbonyl (C=O) groups is 1. The number of piperazine rings is 1. The molecule has 0 aromatic carbocycles. The molecule has 0 saturated carbocycles. The Morgan fingerprint density at radius 2 is 2.00 bits per heavy atom. The van der Waals surface area contributed by atoms with Gasteiger partial charge in [0.15, 0.2) is 0 Å². The molecule has 1 rings (SSSR count). The van der Waals surface area contributed by atoms with Gasteiger partial charge < -0.3 is 10.1 Å². The number of ether oxygens (including phenoxy) is 1. The van der Waals surface area contributed by atoms with Crippen molar-refractivity contribution in [1.29, 1.82) is 0 Å². The first-order chi connectivity index (χ1) is 8.50. The maximum absolute atomic E-state index is 12.3. The summed E-state index contributed by atoms with van der Waals surface area (Å²) in [6, 6.07) is 0. The maximum atomic E-state index is 12.3. The lowest BCUT2D eigenvalue weighted by molar-refractivity contribution is -0.158. The van der Waals surface area contributed by atoms with Gasteiger partial charge in [-0.05, 0) is 32.6 Å². The molecule has 1 atom stereocenters. The van der Waals surface area contributed by atoms with E-state index in [9.17, 15) is 4.79 Å². The summed E-state index contributed by atoms with van der Waals surface area (Å²) in [4.78, 5) is 14.6. The molecule has 0 amide bonds. The van der Waals surface area contributed by atoms with Crippen LogP contribution in [0.3, 0.4) is 0 Å². The van der Waals surface area contributed by atoms with Crippen molar-refractivity contribution in [3.63, 3.8) is 0 Å². The molecule has 106 valence electrons. The third-order valence-electron chi connectivity index (χ3n) is 3.74. The molecule has 0 radical (unpaired) electrons. The molecule has 0 aromatic rings. The van der Waals surface area contributed by atoms with E-state index in [-0.39, 0.29) is 5.97 Å². The average molecular weight is 256 g/mol. The van der Waals surface area contributed by atoms with E-state index >= 15 is 0 Å². The molecule has 4 heteroatoms. The molecule has 0 bridgehead atoms. The molecule has 0 aromatic heterocycles. The Morgan fingerprint density at radius 3 is 2.50 bits per heavy atom. The molecule has 4 nitrogen and oxygen atoms in total. The summed E-state index contributed by atoms with van der Waals surface area (Å²) in [5, 5.41) is 3.33. The van der Waals surface area contributed by atoms with Crippen LogP contribution in [-0.4, -0.2) is 49.2 Å². The first kappa shape index (κ1) is 15.4. The highest BCUT2D eigenvalue weighted by Crippen LogP contribution is 2.25. The Labute approximate surface area is 111 Å². The van der Waals surface area contributed by atoms with Crippen LogP contribution in [-0.2, 0) is 9.53 Å². The predicted molar refractivity (Wildman–Crippen MR) is 73.6 cm³/mol. The van der Waals surface area contributed by atoms with E-state index in [0.29, 0.717) is 12.5 Å². The van der Waals surface area contributed by atoms with E-state index < -0.39 is 5.54 Å². The third-order valence-corrected chi connectivity index (χ3v) is 3.74. The standard InChI is InChI=1S/C14H28N2O2/c1-5-18-13(17)14(4,7-6-12(2)3)16-10-8-15-9-11-16/h12,15H,5-11H2,1-4H3. The van der Waals surface area contributed by atoms with Gasteiger partial charge in [0, 0.05) is 26.2 Å². The van der Waals surface area contributed by atoms with E-state index in [1.807, 2.05) is 13.8 Å². The largest absolute Gasteiger partial charge is 0.465 e. The smallest absolute Gasteiger partial charge is 0.326 e. The first-order valence-electron chi connectivity index (χ1n) is 7.13. The van der Waals surface area contributed by atoms with Crippen LogP contribution in [0.2, 0.25) is 0 Å². The SMILES string of the molecule is CCOC(=O)C(C)(CCC(C)C)N1CCNCC1. The number of hydrogen-bond donors (Lipinski definition) is 1. The van der Waals surface area contributed by atoms with Crippen molar-refractivity contribution in [2.45, 2.75) is 46.1 Å². The van der Waals surface area contributed by atoms with Crippen molar-refractivity contribution in [1.82, 2.24) is 10.2 Å². The quantitative estimate of drug-likeness (QED) is 0.734. The lowest BCUT2D eigenvalue weighted by Crippen LogP contribution is -2.59. The average Bonchev–Trinajstić information content (AvgIpc) is 2.37. The van der Waals surface area contributed by atoms with Gasteiger partial charge in [-0.25, -0.2) is 0 Å². The maximum Gasteiger partial charge on any atom is 0.326 e. The first-order valence-corrected chi connectivity index (χ1v) is 7.13. The van der Waals surface area contributed by atoms with Crippen molar-refractivity contribution in [3.8, 4) is 0 Å². The second-order valence-corrected chi connectivity index (χ2v) is 5.66. The molecule has 1 aliphatic heterocycles. The summed E-state index contributed by atoms with van der Waals surface area (Å²) in [7, 11) is 0. The molecule has 1 unspecified atom stereocenters. The normalized spacial score (nSPS) is 20.7. The van der Waals surface area contributed by atoms with Crippen LogP contribution >= 0.6 is 0 Å². The van der Waals surface area contributed by atoms with E-state index in [1.165, 1.54) is 0 Å². The van der Waals surface area contributed by atoms with E-state index in [0.717, 1.165) is 39.0 Å². The fourth-order valence-electron chi connectivity index (χ4n) is 2.40. The van der Waals surface area contributed by atoms with E-state index in [2.05, 4.69) is 24.1 Å². The van der Waals surface area contributed by atoms with Crippen LogP contribution < -0.4 is 5.32 Å². The van der Waals surface area contributed by atoms with Gasteiger partial charge in [-0.3, -0.25) is 9.69 Å². The number of nitrogens with zero attached hydrogens (tertiary/aromatic N) is 1. The molecular formula is C14H28N2O2. The van der Waals surface area contributed by atoms with Gasteiger partial charge in [-0.1, -0.05) is 13.8 Å². The third kappa shape index (κ3) is 3.95. The summed E-state index contributed by atoms with van der Waals surface area (Å²) in [6.45, 7) is 12.5. The second kappa shape index (κ2) is 7.10. The lowest BCUT2D eigenvalue weighted by atomic mass is 9.89. The van der Waals surface area contributed by atoms with Crippen LogP contribution in [0.4, 0.5) is 0 Å². The molecule has 1 N–H and O–H groups in total. The summed E-state index contributed by atoms with van der Waals surface area (Å²) >= 11 is 0. The van der Waals surface area contributed by atoms with Gasteiger partial charge in [0.05, 0.1) is 6.61 Å². The van der Waals surface area contributed by atoms with E-state index in [4.69, 9.17) is 4.74 Å². The summed E-state index contributed by atoms with van der Waals surface area (Å²) < 4.78 is 5.29. The van der Waals surface area contributed by atoms with Crippen LogP contribution in [0.15, 0.2) is 0 Å². The molecule has 0 spiro atoms. The van der Waals surface area contributed by atoms with Crippen molar-refractivity contribution < 1.29 is 9.53 Å². The van der Waals surface area contributed by atoms with Crippen molar-refractivity contribution in [3.05, 3.63) is 0 Å². The van der Waals surface area contributed by atoms with Crippen LogP contribution in [0.5, 0.6) is 0 Å². The molecule has 0 aliphatic carbocycles. The molecule has 1 fully saturated rings. The number of hydrogen-bond acceptors (Lipinski definition) is 4. The number of rotatable bonds is 6. The minimum atomic E-state index is -0.456. The van der Waals surface area contributed by atoms with Gasteiger partial charge >= 0.3 is 5.97 Å². The molecule has 18 heavy (non-hydrogen) atoms. The van der Waals surface area contributed by atoms with Gasteiger partial charge in [0.2, 0.25) is 0 Å². The zero-order chi connectivity index (χ0) is 13.6. The summed E-state index contributed by atoms with van der Waals surface area (Å²) in [5.41, 5.74) is -0.456. The van der Waals surface area contributed by atoms with Gasteiger partial charge in [0.1, 0.15) is 5.54 Å². The highest BCUT2D eigenvalue weighted by molar-refractivity contribution is 5.80. The summed E-state index contributed by atoms with van der Waals surface area (Å²) in [5.74, 6) is 0.550. The van der Waals surface area contributed by atoms with Gasteiger partial charge in [0.25, 0.3) is 0 Å². The Morgan fingerprint density at radius 1 is 1.39 bits per heavy atom. The number of esters is 1. The topological polar surface area (TPSA) is 41.6 Å². The van der Waals surface area contributed by atoms with Crippen LogP contribution in [0.25, 0.3) is 0 Å². The molecule has 1 aliphatic rings. The monoisotopic (exact) mass is 256 g/mol. The Hall–Kier alpha value is -0.610. The highest BCUT2D eigenvalue weighted by Gasteiger charge is 2.40. The Bertz CT molecular complexity index is 263. The van der Waals surface area contributed by atoms with Crippen molar-refractivity contribution in [2.24, 2.45) is 5.92 Å². The van der Waals surface area contributed by atoms with Gasteiger partial charge in [-0.2, -0.15) is 0 Å². The minimum absolute atomic E-state index is 0.0625. The zero-order valence-electron chi connectivity index (χ0n) is 12.3. The Balaban J connectivity index is 2.74. The predicted octanol–water partition coefficient (Wildman–Crippen LogP) is 1.65. The highest BCUT2D eigenvalue weighted by atomic mass is 16.5. The Kier molecular flexibility index (Phi) is 6.09. The van der Waals surface area contributed by atoms with Gasteiger partial charge in [-0.15, -0.1) is 0 Å².